The largest absolute Gasteiger partial charge is 0.276 e. The number of hydrogen-bond donors (Lipinski definition) is 1. The van der Waals surface area contributed by atoms with Crippen LogP contribution in [0.3, 0.4) is 0 Å². The number of non-ortho nitro benzene ring substituents is 1. The van der Waals surface area contributed by atoms with Crippen LogP contribution in [0.4, 0.5) is 15.8 Å². The summed E-state index contributed by atoms with van der Waals surface area (Å²) < 4.78 is 41.9. The number of hydrogen-bond acceptors (Lipinski definition) is 5. The second-order valence-electron chi connectivity index (χ2n) is 4.65. The van der Waals surface area contributed by atoms with Crippen molar-refractivity contribution >= 4 is 21.4 Å². The van der Waals surface area contributed by atoms with Crippen LogP contribution in [0.1, 0.15) is 11.4 Å². The Hall–Kier alpha value is -2.49. The maximum absolute atomic E-state index is 13.7. The summed E-state index contributed by atoms with van der Waals surface area (Å²) in [5, 5.41) is 14.7. The number of benzene rings is 1. The quantitative estimate of drug-likeness (QED) is 0.681. The molecule has 0 amide bonds. The first-order valence-corrected chi connectivity index (χ1v) is 7.58. The summed E-state index contributed by atoms with van der Waals surface area (Å²) in [5.74, 6) is -0.909. The molecule has 118 valence electrons. The molecular formula is C12H13FN4O4S. The van der Waals surface area contributed by atoms with Gasteiger partial charge in [-0.1, -0.05) is 0 Å². The second kappa shape index (κ2) is 5.37. The normalized spacial score (nSPS) is 11.5. The molecule has 10 heteroatoms. The lowest BCUT2D eigenvalue weighted by Gasteiger charge is -2.09. The van der Waals surface area contributed by atoms with Gasteiger partial charge in [0.1, 0.15) is 10.7 Å². The van der Waals surface area contributed by atoms with Gasteiger partial charge in [-0.05, 0) is 19.9 Å². The minimum Gasteiger partial charge on any atom is -0.276 e. The Labute approximate surface area is 125 Å². The Kier molecular flexibility index (Phi) is 3.88. The molecule has 1 aromatic heterocycles. The molecule has 1 aromatic carbocycles. The zero-order valence-electron chi connectivity index (χ0n) is 12.0. The van der Waals surface area contributed by atoms with Crippen molar-refractivity contribution in [1.82, 2.24) is 9.78 Å². The van der Waals surface area contributed by atoms with E-state index in [1.54, 1.807) is 14.0 Å². The van der Waals surface area contributed by atoms with E-state index in [1.807, 2.05) is 4.72 Å². The van der Waals surface area contributed by atoms with Gasteiger partial charge in [-0.15, -0.1) is 0 Å². The lowest BCUT2D eigenvalue weighted by atomic mass is 10.3. The molecule has 0 saturated heterocycles. The average molecular weight is 328 g/mol. The van der Waals surface area contributed by atoms with Crippen molar-refractivity contribution in [3.63, 3.8) is 0 Å². The van der Waals surface area contributed by atoms with E-state index < -0.39 is 32.1 Å². The monoisotopic (exact) mass is 328 g/mol. The third kappa shape index (κ3) is 2.77. The van der Waals surface area contributed by atoms with Crippen molar-refractivity contribution in [2.75, 3.05) is 4.72 Å². The van der Waals surface area contributed by atoms with Gasteiger partial charge >= 0.3 is 0 Å². The maximum Gasteiger partial charge on any atom is 0.271 e. The van der Waals surface area contributed by atoms with E-state index in [-0.39, 0.29) is 10.6 Å². The average Bonchev–Trinajstić information content (AvgIpc) is 2.65. The Morgan fingerprint density at radius 3 is 2.50 bits per heavy atom. The Morgan fingerprint density at radius 1 is 1.36 bits per heavy atom. The number of aryl methyl sites for hydroxylation is 2. The number of nitro groups is 1. The van der Waals surface area contributed by atoms with Crippen LogP contribution in [0.15, 0.2) is 23.1 Å². The molecule has 0 aliphatic carbocycles. The number of nitro benzene ring substituents is 1. The lowest BCUT2D eigenvalue weighted by Crippen LogP contribution is -2.16. The number of halogens is 1. The number of sulfonamides is 1. The van der Waals surface area contributed by atoms with Crippen LogP contribution in [0.5, 0.6) is 0 Å². The number of rotatable bonds is 4. The van der Waals surface area contributed by atoms with Crippen molar-refractivity contribution in [1.29, 1.82) is 0 Å². The van der Waals surface area contributed by atoms with E-state index >= 15 is 0 Å². The number of nitrogens with one attached hydrogen (secondary N) is 1. The van der Waals surface area contributed by atoms with Gasteiger partial charge in [0.2, 0.25) is 0 Å². The summed E-state index contributed by atoms with van der Waals surface area (Å²) in [6.45, 7) is 3.06. The summed E-state index contributed by atoms with van der Waals surface area (Å²) in [6, 6.07) is 2.61. The van der Waals surface area contributed by atoms with Crippen molar-refractivity contribution in [2.24, 2.45) is 7.05 Å². The summed E-state index contributed by atoms with van der Waals surface area (Å²) in [6.07, 6.45) is 0. The smallest absolute Gasteiger partial charge is 0.271 e. The summed E-state index contributed by atoms with van der Waals surface area (Å²) in [4.78, 5) is 9.88. The van der Waals surface area contributed by atoms with Gasteiger partial charge in [0.05, 0.1) is 22.0 Å². The van der Waals surface area contributed by atoms with Crippen molar-refractivity contribution in [3.05, 3.63) is 45.5 Å². The van der Waals surface area contributed by atoms with E-state index in [0.29, 0.717) is 5.69 Å². The van der Waals surface area contributed by atoms with Gasteiger partial charge in [-0.25, -0.2) is 12.8 Å². The highest BCUT2D eigenvalue weighted by Gasteiger charge is 2.25. The Morgan fingerprint density at radius 2 is 2.00 bits per heavy atom. The SMILES string of the molecule is Cc1nn(C)c(C)c1S(=O)(=O)Nc1cc([N+](=O)[O-])ccc1F. The van der Waals surface area contributed by atoms with E-state index in [2.05, 4.69) is 5.10 Å². The minimum atomic E-state index is -4.11. The van der Waals surface area contributed by atoms with Crippen LogP contribution in [-0.4, -0.2) is 23.1 Å². The highest BCUT2D eigenvalue weighted by Crippen LogP contribution is 2.26. The molecule has 1 N–H and O–H groups in total. The Balaban J connectivity index is 2.49. The number of aromatic nitrogens is 2. The molecule has 0 aliphatic rings. The zero-order valence-corrected chi connectivity index (χ0v) is 12.8. The van der Waals surface area contributed by atoms with Crippen LogP contribution in [0, 0.1) is 29.8 Å². The van der Waals surface area contributed by atoms with Gasteiger partial charge in [-0.2, -0.15) is 5.10 Å². The maximum atomic E-state index is 13.7. The molecule has 0 aliphatic heterocycles. The van der Waals surface area contributed by atoms with Crippen LogP contribution in [-0.2, 0) is 17.1 Å². The van der Waals surface area contributed by atoms with E-state index in [0.717, 1.165) is 18.2 Å². The molecule has 0 saturated carbocycles. The first-order chi connectivity index (χ1) is 10.1. The fourth-order valence-electron chi connectivity index (χ4n) is 2.04. The molecule has 0 radical (unpaired) electrons. The third-order valence-corrected chi connectivity index (χ3v) is 4.73. The molecule has 2 aromatic rings. The molecule has 1 heterocycles. The van der Waals surface area contributed by atoms with Gasteiger partial charge in [0.15, 0.2) is 0 Å². The van der Waals surface area contributed by atoms with E-state index in [9.17, 15) is 22.9 Å². The zero-order chi connectivity index (χ0) is 16.7. The molecule has 2 rings (SSSR count). The molecule has 8 nitrogen and oxygen atoms in total. The first-order valence-electron chi connectivity index (χ1n) is 6.10. The first kappa shape index (κ1) is 15.9. The fourth-order valence-corrected chi connectivity index (χ4v) is 3.54. The van der Waals surface area contributed by atoms with Gasteiger partial charge in [0, 0.05) is 19.2 Å². The highest BCUT2D eigenvalue weighted by atomic mass is 32.2. The fraction of sp³-hybridized carbons (Fsp3) is 0.250. The molecule has 0 atom stereocenters. The Bertz CT molecular complexity index is 860. The topological polar surface area (TPSA) is 107 Å². The standard InChI is InChI=1S/C12H13FN4O4S/c1-7-12(8(2)16(3)14-7)22(20,21)15-11-6-9(17(18)19)4-5-10(11)13/h4-6,15H,1-3H3. The summed E-state index contributed by atoms with van der Waals surface area (Å²) in [7, 11) is -2.54. The predicted octanol–water partition coefficient (Wildman–Crippen LogP) is 1.89. The van der Waals surface area contributed by atoms with Crippen molar-refractivity contribution in [2.45, 2.75) is 18.7 Å². The highest BCUT2D eigenvalue weighted by molar-refractivity contribution is 7.92. The van der Waals surface area contributed by atoms with E-state index in [1.165, 1.54) is 11.6 Å². The summed E-state index contributed by atoms with van der Waals surface area (Å²) >= 11 is 0. The number of anilines is 1. The molecule has 0 fully saturated rings. The summed E-state index contributed by atoms with van der Waals surface area (Å²) in [5.41, 5.74) is -0.287. The molecule has 0 spiro atoms. The van der Waals surface area contributed by atoms with Crippen molar-refractivity contribution in [3.8, 4) is 0 Å². The van der Waals surface area contributed by atoms with Crippen molar-refractivity contribution < 1.29 is 17.7 Å². The van der Waals surface area contributed by atoms with Crippen LogP contribution in [0.25, 0.3) is 0 Å². The van der Waals surface area contributed by atoms with Gasteiger partial charge in [-0.3, -0.25) is 19.5 Å². The third-order valence-electron chi connectivity index (χ3n) is 3.12. The van der Waals surface area contributed by atoms with Gasteiger partial charge in [0.25, 0.3) is 15.7 Å². The predicted molar refractivity (Wildman–Crippen MR) is 76.5 cm³/mol. The molecule has 22 heavy (non-hydrogen) atoms. The number of nitrogens with zero attached hydrogens (tertiary/aromatic N) is 3. The van der Waals surface area contributed by atoms with Crippen LogP contribution < -0.4 is 4.72 Å². The van der Waals surface area contributed by atoms with Crippen LogP contribution >= 0.6 is 0 Å². The second-order valence-corrected chi connectivity index (χ2v) is 6.27. The minimum absolute atomic E-state index is 0.0825. The van der Waals surface area contributed by atoms with Gasteiger partial charge < -0.3 is 0 Å². The van der Waals surface area contributed by atoms with E-state index in [4.69, 9.17) is 0 Å². The van der Waals surface area contributed by atoms with Crippen LogP contribution in [0.2, 0.25) is 0 Å². The molecular weight excluding hydrogens is 315 g/mol. The molecule has 0 unspecified atom stereocenters. The lowest BCUT2D eigenvalue weighted by molar-refractivity contribution is -0.384. The molecule has 0 bridgehead atoms.